The maximum Gasteiger partial charge on any atom is 0.119 e. The lowest BCUT2D eigenvalue weighted by atomic mass is 9.81. The molecule has 1 aromatic rings. The Kier molecular flexibility index (Phi) is 7.81. The molecule has 0 saturated heterocycles. The number of allylic oxidation sites excluding steroid dienone is 2. The van der Waals surface area contributed by atoms with E-state index in [1.54, 1.807) is 0 Å². The van der Waals surface area contributed by atoms with Gasteiger partial charge in [0.2, 0.25) is 0 Å². The first-order chi connectivity index (χ1) is 11.3. The number of unbranched alkanes of at least 4 members (excludes halogenated alkanes) is 1. The molecule has 0 aromatic heterocycles. The molecule has 0 N–H and O–H groups in total. The van der Waals surface area contributed by atoms with Crippen molar-refractivity contribution in [2.75, 3.05) is 6.61 Å². The largest absolute Gasteiger partial charge is 0.494 e. The van der Waals surface area contributed by atoms with Crippen molar-refractivity contribution < 1.29 is 4.74 Å². The van der Waals surface area contributed by atoms with Gasteiger partial charge < -0.3 is 4.74 Å². The summed E-state index contributed by atoms with van der Waals surface area (Å²) in [6, 6.07) is 8.09. The van der Waals surface area contributed by atoms with Crippen molar-refractivity contribution in [2.45, 2.75) is 58.8 Å². The number of hydrogen-bond donors (Lipinski definition) is 0. The summed E-state index contributed by atoms with van der Waals surface area (Å²) in [7, 11) is 0. The molecule has 124 valence electrons. The predicted octanol–water partition coefficient (Wildman–Crippen LogP) is 5.99. The topological polar surface area (TPSA) is 9.23 Å². The van der Waals surface area contributed by atoms with E-state index in [1.165, 1.54) is 32.1 Å². The van der Waals surface area contributed by atoms with Crippen molar-refractivity contribution in [3.8, 4) is 17.6 Å². The maximum atomic E-state index is 5.66. The molecule has 1 nitrogen and oxygen atoms in total. The first-order valence-corrected chi connectivity index (χ1v) is 9.22. The lowest BCUT2D eigenvalue weighted by molar-refractivity contribution is 0.304. The van der Waals surface area contributed by atoms with Gasteiger partial charge in [-0.05, 0) is 74.3 Å². The Balaban J connectivity index is 1.77. The summed E-state index contributed by atoms with van der Waals surface area (Å²) in [5.74, 6) is 9.02. The minimum atomic E-state index is 0.737. The zero-order valence-electron chi connectivity index (χ0n) is 14.7. The summed E-state index contributed by atoms with van der Waals surface area (Å²) in [4.78, 5) is 0. The third kappa shape index (κ3) is 6.53. The molecular formula is C22H30O. The van der Waals surface area contributed by atoms with Crippen LogP contribution in [0.4, 0.5) is 0 Å². The molecule has 1 aliphatic rings. The molecule has 0 heterocycles. The monoisotopic (exact) mass is 310 g/mol. The Morgan fingerprint density at radius 2 is 1.83 bits per heavy atom. The van der Waals surface area contributed by atoms with Crippen LogP contribution in [-0.2, 0) is 0 Å². The molecule has 0 spiro atoms. The predicted molar refractivity (Wildman–Crippen MR) is 98.6 cm³/mol. The fourth-order valence-electron chi connectivity index (χ4n) is 3.07. The van der Waals surface area contributed by atoms with Crippen LogP contribution in [0.15, 0.2) is 36.4 Å². The van der Waals surface area contributed by atoms with Crippen molar-refractivity contribution in [1.29, 1.82) is 0 Å². The van der Waals surface area contributed by atoms with E-state index in [0.29, 0.717) is 0 Å². The molecule has 0 atom stereocenters. The first-order valence-electron chi connectivity index (χ1n) is 9.22. The van der Waals surface area contributed by atoms with Gasteiger partial charge in [-0.25, -0.2) is 0 Å². The van der Waals surface area contributed by atoms with Gasteiger partial charge in [0.15, 0.2) is 0 Å². The summed E-state index contributed by atoms with van der Waals surface area (Å²) in [5.41, 5.74) is 1.05. The minimum Gasteiger partial charge on any atom is -0.494 e. The highest BCUT2D eigenvalue weighted by Gasteiger charge is 2.17. The van der Waals surface area contributed by atoms with E-state index in [1.807, 2.05) is 30.3 Å². The fraction of sp³-hybridized carbons (Fsp3) is 0.545. The highest BCUT2D eigenvalue weighted by Crippen LogP contribution is 2.31. The van der Waals surface area contributed by atoms with Gasteiger partial charge in [-0.1, -0.05) is 44.6 Å². The second-order valence-electron chi connectivity index (χ2n) is 6.54. The average molecular weight is 310 g/mol. The highest BCUT2D eigenvalue weighted by atomic mass is 16.5. The standard InChI is InChI=1S/C22H30O/c1-3-5-18-23-22-16-14-21(15-17-22)9-7-6-8-20-12-10-19(4-2)11-13-20/h6,8,14-17,19-20H,3-5,10-13,18H2,1-2H3/b8-6+/t19-,20-. The molecule has 0 unspecified atom stereocenters. The van der Waals surface area contributed by atoms with Gasteiger partial charge in [0.25, 0.3) is 0 Å². The molecule has 1 saturated carbocycles. The van der Waals surface area contributed by atoms with E-state index < -0.39 is 0 Å². The van der Waals surface area contributed by atoms with Crippen LogP contribution < -0.4 is 4.74 Å². The van der Waals surface area contributed by atoms with Gasteiger partial charge in [0.05, 0.1) is 6.61 Å². The maximum absolute atomic E-state index is 5.66. The highest BCUT2D eigenvalue weighted by molar-refractivity contribution is 5.40. The molecule has 1 aliphatic carbocycles. The number of rotatable bonds is 6. The second-order valence-corrected chi connectivity index (χ2v) is 6.54. The van der Waals surface area contributed by atoms with Gasteiger partial charge in [0.1, 0.15) is 5.75 Å². The molecular weight excluding hydrogens is 280 g/mol. The van der Waals surface area contributed by atoms with E-state index in [2.05, 4.69) is 31.8 Å². The second kappa shape index (κ2) is 10.2. The van der Waals surface area contributed by atoms with Crippen LogP contribution in [-0.4, -0.2) is 6.61 Å². The molecule has 2 rings (SSSR count). The number of hydrogen-bond acceptors (Lipinski definition) is 1. The molecule has 1 aromatic carbocycles. The number of benzene rings is 1. The lowest BCUT2D eigenvalue weighted by Gasteiger charge is -2.25. The summed E-state index contributed by atoms with van der Waals surface area (Å²) < 4.78 is 5.66. The Morgan fingerprint density at radius 3 is 2.48 bits per heavy atom. The summed E-state index contributed by atoms with van der Waals surface area (Å²) in [5, 5.41) is 0. The van der Waals surface area contributed by atoms with Crippen molar-refractivity contribution in [2.24, 2.45) is 11.8 Å². The van der Waals surface area contributed by atoms with Crippen molar-refractivity contribution >= 4 is 0 Å². The molecule has 23 heavy (non-hydrogen) atoms. The van der Waals surface area contributed by atoms with Gasteiger partial charge in [-0.15, -0.1) is 0 Å². The van der Waals surface area contributed by atoms with E-state index in [4.69, 9.17) is 4.74 Å². The van der Waals surface area contributed by atoms with Crippen LogP contribution in [0.1, 0.15) is 64.4 Å². The van der Waals surface area contributed by atoms with Crippen LogP contribution in [0.2, 0.25) is 0 Å². The zero-order valence-corrected chi connectivity index (χ0v) is 14.7. The van der Waals surface area contributed by atoms with Crippen molar-refractivity contribution in [3.63, 3.8) is 0 Å². The van der Waals surface area contributed by atoms with E-state index >= 15 is 0 Å². The smallest absolute Gasteiger partial charge is 0.119 e. The van der Waals surface area contributed by atoms with Gasteiger partial charge in [-0.2, -0.15) is 0 Å². The van der Waals surface area contributed by atoms with Crippen LogP contribution in [0, 0.1) is 23.7 Å². The molecule has 0 amide bonds. The Labute approximate surface area is 142 Å². The van der Waals surface area contributed by atoms with Crippen LogP contribution in [0.5, 0.6) is 5.75 Å². The quantitative estimate of drug-likeness (QED) is 0.463. The third-order valence-corrected chi connectivity index (χ3v) is 4.76. The normalized spacial score (nSPS) is 21.0. The Hall–Kier alpha value is -1.68. The minimum absolute atomic E-state index is 0.737. The molecule has 0 bridgehead atoms. The zero-order chi connectivity index (χ0) is 16.3. The molecule has 1 fully saturated rings. The van der Waals surface area contributed by atoms with Crippen LogP contribution in [0.3, 0.4) is 0 Å². The van der Waals surface area contributed by atoms with E-state index in [9.17, 15) is 0 Å². The van der Waals surface area contributed by atoms with E-state index in [0.717, 1.165) is 42.6 Å². The molecule has 0 radical (unpaired) electrons. The Bertz CT molecular complexity index is 521. The fourth-order valence-corrected chi connectivity index (χ4v) is 3.07. The van der Waals surface area contributed by atoms with Gasteiger partial charge in [-0.3, -0.25) is 0 Å². The molecule has 1 heteroatoms. The first kappa shape index (κ1) is 17.7. The van der Waals surface area contributed by atoms with Crippen LogP contribution in [0.25, 0.3) is 0 Å². The average Bonchev–Trinajstić information content (AvgIpc) is 2.61. The van der Waals surface area contributed by atoms with E-state index in [-0.39, 0.29) is 0 Å². The summed E-state index contributed by atoms with van der Waals surface area (Å²) >= 11 is 0. The van der Waals surface area contributed by atoms with Crippen LogP contribution >= 0.6 is 0 Å². The third-order valence-electron chi connectivity index (χ3n) is 4.76. The lowest BCUT2D eigenvalue weighted by Crippen LogP contribution is -2.11. The summed E-state index contributed by atoms with van der Waals surface area (Å²) in [6.45, 7) is 5.28. The summed E-state index contributed by atoms with van der Waals surface area (Å²) in [6.07, 6.45) is 13.4. The van der Waals surface area contributed by atoms with Crippen molar-refractivity contribution in [1.82, 2.24) is 0 Å². The van der Waals surface area contributed by atoms with Gasteiger partial charge in [0, 0.05) is 5.56 Å². The SMILES string of the molecule is CCCCOc1ccc(C#C/C=C/[C@H]2CC[C@H](CC)CC2)cc1. The number of ether oxygens (including phenoxy) is 1. The molecule has 0 aliphatic heterocycles. The Morgan fingerprint density at radius 1 is 1.09 bits per heavy atom. The van der Waals surface area contributed by atoms with Crippen molar-refractivity contribution in [3.05, 3.63) is 42.0 Å². The van der Waals surface area contributed by atoms with Gasteiger partial charge >= 0.3 is 0 Å².